The molecule has 0 spiro atoms. The van der Waals surface area contributed by atoms with Gasteiger partial charge in [-0.25, -0.2) is 4.98 Å². The predicted molar refractivity (Wildman–Crippen MR) is 146 cm³/mol. The zero-order valence-corrected chi connectivity index (χ0v) is 21.5. The summed E-state index contributed by atoms with van der Waals surface area (Å²) in [5, 5.41) is 0. The predicted octanol–water partition coefficient (Wildman–Crippen LogP) is 6.75. The molecule has 1 saturated carbocycles. The van der Waals surface area contributed by atoms with Gasteiger partial charge in [0.05, 0.1) is 11.0 Å². The van der Waals surface area contributed by atoms with Gasteiger partial charge in [-0.1, -0.05) is 61.7 Å². The van der Waals surface area contributed by atoms with Gasteiger partial charge in [0.25, 0.3) is 0 Å². The molecular weight excluding hydrogens is 452 g/mol. The Balaban J connectivity index is 1.33. The van der Waals surface area contributed by atoms with E-state index < -0.39 is 0 Å². The van der Waals surface area contributed by atoms with Crippen LogP contribution in [0.5, 0.6) is 5.75 Å². The van der Waals surface area contributed by atoms with Crippen molar-refractivity contribution in [3.05, 3.63) is 78.0 Å². The first-order valence-electron chi connectivity index (χ1n) is 12.6. The van der Waals surface area contributed by atoms with Crippen molar-refractivity contribution in [2.24, 2.45) is 0 Å². The average molecular weight is 487 g/mol. The molecule has 5 rings (SSSR count). The third-order valence-electron chi connectivity index (χ3n) is 7.02. The summed E-state index contributed by atoms with van der Waals surface area (Å²) in [7, 11) is 0. The van der Waals surface area contributed by atoms with E-state index in [4.69, 9.17) is 14.7 Å². The number of rotatable bonds is 9. The number of hydrogen-bond donors (Lipinski definition) is 0. The van der Waals surface area contributed by atoms with Crippen LogP contribution in [0.15, 0.2) is 66.9 Å². The molecule has 0 amide bonds. The molecule has 0 N–H and O–H groups in total. The minimum absolute atomic E-state index is 0.642. The maximum atomic E-state index is 6.38. The Labute approximate surface area is 212 Å². The van der Waals surface area contributed by atoms with Crippen LogP contribution in [-0.4, -0.2) is 44.3 Å². The fourth-order valence-electron chi connectivity index (χ4n) is 5.17. The summed E-state index contributed by atoms with van der Waals surface area (Å²) in [6.07, 6.45) is 10.5. The summed E-state index contributed by atoms with van der Waals surface area (Å²) in [5.74, 6) is 1.76. The monoisotopic (exact) mass is 486 g/mol. The molecule has 182 valence electrons. The van der Waals surface area contributed by atoms with Gasteiger partial charge in [-0.05, 0) is 55.5 Å². The molecule has 6 heteroatoms. The van der Waals surface area contributed by atoms with Crippen LogP contribution in [0.1, 0.15) is 43.2 Å². The zero-order chi connectivity index (χ0) is 24.0. The highest BCUT2D eigenvalue weighted by atomic mass is 32.2. The quantitative estimate of drug-likeness (QED) is 0.262. The van der Waals surface area contributed by atoms with Crippen LogP contribution in [0, 0.1) is 6.92 Å². The van der Waals surface area contributed by atoms with Crippen molar-refractivity contribution in [3.63, 3.8) is 0 Å². The lowest BCUT2D eigenvalue weighted by atomic mass is 9.94. The van der Waals surface area contributed by atoms with E-state index in [0.29, 0.717) is 12.6 Å². The molecule has 2 aromatic carbocycles. The molecular formula is C29H34N4OS. The SMILES string of the molecule is CSn1c(-c2nccc(OCCN(Cc3ccccc3)C3CCCCC3)c2C)nc2ccccc21. The minimum atomic E-state index is 0.642. The van der Waals surface area contributed by atoms with Crippen molar-refractivity contribution in [3.8, 4) is 17.3 Å². The van der Waals surface area contributed by atoms with Crippen molar-refractivity contribution in [1.82, 2.24) is 18.8 Å². The van der Waals surface area contributed by atoms with Gasteiger partial charge in [0, 0.05) is 37.1 Å². The first kappa shape index (κ1) is 23.9. The van der Waals surface area contributed by atoms with Crippen LogP contribution >= 0.6 is 11.9 Å². The second-order valence-electron chi connectivity index (χ2n) is 9.28. The number of fused-ring (bicyclic) bond motifs is 1. The molecule has 0 unspecified atom stereocenters. The Bertz CT molecular complexity index is 1250. The van der Waals surface area contributed by atoms with Crippen molar-refractivity contribution >= 4 is 23.0 Å². The van der Waals surface area contributed by atoms with E-state index in [1.54, 1.807) is 11.9 Å². The van der Waals surface area contributed by atoms with Crippen molar-refractivity contribution in [2.75, 3.05) is 19.4 Å². The number of benzene rings is 2. The summed E-state index contributed by atoms with van der Waals surface area (Å²) >= 11 is 1.65. The van der Waals surface area contributed by atoms with Gasteiger partial charge in [-0.3, -0.25) is 13.9 Å². The Morgan fingerprint density at radius 1 is 1.00 bits per heavy atom. The van der Waals surface area contributed by atoms with Crippen LogP contribution < -0.4 is 4.74 Å². The molecule has 1 fully saturated rings. The van der Waals surface area contributed by atoms with Gasteiger partial charge in [-0.15, -0.1) is 0 Å². The van der Waals surface area contributed by atoms with E-state index in [9.17, 15) is 0 Å². The Kier molecular flexibility index (Phi) is 7.69. The van der Waals surface area contributed by atoms with E-state index in [1.807, 2.05) is 30.5 Å². The van der Waals surface area contributed by atoms with E-state index in [0.717, 1.165) is 47.0 Å². The molecule has 0 saturated heterocycles. The highest BCUT2D eigenvalue weighted by molar-refractivity contribution is 7.97. The second kappa shape index (κ2) is 11.3. The molecule has 0 bridgehead atoms. The molecule has 1 aliphatic rings. The highest BCUT2D eigenvalue weighted by Gasteiger charge is 2.22. The average Bonchev–Trinajstić information content (AvgIpc) is 3.28. The van der Waals surface area contributed by atoms with Crippen LogP contribution in [0.3, 0.4) is 0 Å². The number of imidazole rings is 1. The summed E-state index contributed by atoms with van der Waals surface area (Å²) in [5.41, 5.74) is 5.36. The fraction of sp³-hybridized carbons (Fsp3) is 0.379. The molecule has 2 aromatic heterocycles. The van der Waals surface area contributed by atoms with Crippen LogP contribution in [0.4, 0.5) is 0 Å². The standard InChI is InChI=1S/C29H34N4OS/c1-22-27(17-18-30-28(22)29-31-25-15-9-10-16-26(25)33(29)35-2)34-20-19-32(24-13-7-4-8-14-24)21-23-11-5-3-6-12-23/h3,5-6,9-12,15-18,24H,4,7-8,13-14,19-21H2,1-2H3. The van der Waals surface area contributed by atoms with Gasteiger partial charge in [-0.2, -0.15) is 0 Å². The second-order valence-corrected chi connectivity index (χ2v) is 10.0. The summed E-state index contributed by atoms with van der Waals surface area (Å²) < 4.78 is 8.53. The molecule has 5 nitrogen and oxygen atoms in total. The van der Waals surface area contributed by atoms with Crippen LogP contribution in [0.2, 0.25) is 0 Å². The van der Waals surface area contributed by atoms with E-state index in [1.165, 1.54) is 37.7 Å². The smallest absolute Gasteiger partial charge is 0.170 e. The Hall–Kier alpha value is -2.83. The fourth-order valence-corrected chi connectivity index (χ4v) is 5.82. The van der Waals surface area contributed by atoms with Gasteiger partial charge in [0.15, 0.2) is 5.82 Å². The lowest BCUT2D eigenvalue weighted by Gasteiger charge is -2.34. The molecule has 0 aliphatic heterocycles. The summed E-state index contributed by atoms with van der Waals surface area (Å²) in [6.45, 7) is 4.64. The summed E-state index contributed by atoms with van der Waals surface area (Å²) in [6, 6.07) is 21.7. The topological polar surface area (TPSA) is 43.2 Å². The largest absolute Gasteiger partial charge is 0.492 e. The molecule has 1 aliphatic carbocycles. The first-order chi connectivity index (χ1) is 17.2. The number of ether oxygens (including phenoxy) is 1. The zero-order valence-electron chi connectivity index (χ0n) is 20.7. The minimum Gasteiger partial charge on any atom is -0.492 e. The Morgan fingerprint density at radius 2 is 1.77 bits per heavy atom. The van der Waals surface area contributed by atoms with Crippen LogP contribution in [-0.2, 0) is 6.54 Å². The first-order valence-corrected chi connectivity index (χ1v) is 13.8. The molecule has 0 radical (unpaired) electrons. The number of aromatic nitrogens is 3. The van der Waals surface area contributed by atoms with E-state index in [-0.39, 0.29) is 0 Å². The third-order valence-corrected chi connectivity index (χ3v) is 7.76. The summed E-state index contributed by atoms with van der Waals surface area (Å²) in [4.78, 5) is 12.2. The Morgan fingerprint density at radius 3 is 2.57 bits per heavy atom. The molecule has 2 heterocycles. The van der Waals surface area contributed by atoms with E-state index in [2.05, 4.69) is 58.5 Å². The molecule has 4 aromatic rings. The van der Waals surface area contributed by atoms with Crippen LogP contribution in [0.25, 0.3) is 22.6 Å². The van der Waals surface area contributed by atoms with Gasteiger partial charge in [0.1, 0.15) is 18.1 Å². The lowest BCUT2D eigenvalue weighted by Crippen LogP contribution is -2.39. The van der Waals surface area contributed by atoms with Crippen molar-refractivity contribution in [2.45, 2.75) is 51.6 Å². The molecule has 35 heavy (non-hydrogen) atoms. The van der Waals surface area contributed by atoms with Gasteiger partial charge in [0.2, 0.25) is 0 Å². The van der Waals surface area contributed by atoms with Crippen molar-refractivity contribution in [1.29, 1.82) is 0 Å². The molecule has 0 atom stereocenters. The van der Waals surface area contributed by atoms with Gasteiger partial charge >= 0.3 is 0 Å². The number of para-hydroxylation sites is 2. The third kappa shape index (κ3) is 5.39. The lowest BCUT2D eigenvalue weighted by molar-refractivity contribution is 0.123. The number of nitrogens with zero attached hydrogens (tertiary/aromatic N) is 4. The maximum absolute atomic E-state index is 6.38. The number of pyridine rings is 1. The van der Waals surface area contributed by atoms with Gasteiger partial charge < -0.3 is 4.74 Å². The normalized spacial score (nSPS) is 14.6. The maximum Gasteiger partial charge on any atom is 0.170 e. The number of hydrogen-bond acceptors (Lipinski definition) is 5. The van der Waals surface area contributed by atoms with Crippen molar-refractivity contribution < 1.29 is 4.74 Å². The van der Waals surface area contributed by atoms with E-state index >= 15 is 0 Å². The highest BCUT2D eigenvalue weighted by Crippen LogP contribution is 2.32.